The first-order valence-corrected chi connectivity index (χ1v) is 5.93. The number of hydrogen-bond donors (Lipinski definition) is 0. The van der Waals surface area contributed by atoms with E-state index in [4.69, 9.17) is 4.74 Å². The number of hydrogen-bond acceptors (Lipinski definition) is 1. The van der Waals surface area contributed by atoms with Gasteiger partial charge in [-0.15, -0.1) is 0 Å². The Hall–Kier alpha value is -0.250. The number of ether oxygens (including phenoxy) is 1. The second-order valence-corrected chi connectivity index (χ2v) is 4.87. The zero-order valence-electron chi connectivity index (χ0n) is 10.7. The third-order valence-electron chi connectivity index (χ3n) is 2.78. The second-order valence-electron chi connectivity index (χ2n) is 4.87. The van der Waals surface area contributed by atoms with Crippen LogP contribution in [0.5, 0.6) is 0 Å². The Morgan fingerprint density at radius 3 is 2.06 bits per heavy atom. The molecule has 0 radical (unpaired) electrons. The van der Waals surface area contributed by atoms with Gasteiger partial charge in [0.25, 0.3) is 0 Å². The minimum absolute atomic E-state index is 0.0402. The summed E-state index contributed by atoms with van der Waals surface area (Å²) in [6.07, 6.45) is -0.570. The van der Waals surface area contributed by atoms with Gasteiger partial charge < -0.3 is 4.74 Å². The summed E-state index contributed by atoms with van der Waals surface area (Å²) in [6.45, 7) is 6.12. The molecule has 0 fully saturated rings. The summed E-state index contributed by atoms with van der Waals surface area (Å²) in [5.41, 5.74) is -1.76. The van der Waals surface area contributed by atoms with E-state index in [1.54, 1.807) is 0 Å². The SMILES string of the molecule is CCCCC(CC)OCC(C)(C)C(F)(F)F. The standard InChI is InChI=1S/C12H23F3O/c1-5-7-8-10(6-2)16-9-11(3,4)12(13,14)15/h10H,5-9H2,1-4H3. The molecule has 0 saturated carbocycles. The van der Waals surface area contributed by atoms with Gasteiger partial charge in [0.2, 0.25) is 0 Å². The normalized spacial score (nSPS) is 15.2. The van der Waals surface area contributed by atoms with Crippen molar-refractivity contribution in [2.24, 2.45) is 5.41 Å². The minimum Gasteiger partial charge on any atom is -0.377 e. The predicted octanol–water partition coefficient (Wildman–Crippen LogP) is 4.56. The van der Waals surface area contributed by atoms with Crippen molar-refractivity contribution in [3.63, 3.8) is 0 Å². The molecule has 0 aliphatic heterocycles. The number of rotatable bonds is 7. The average molecular weight is 240 g/mol. The largest absolute Gasteiger partial charge is 0.396 e. The molecule has 1 nitrogen and oxygen atoms in total. The van der Waals surface area contributed by atoms with Crippen LogP contribution in [0.1, 0.15) is 53.4 Å². The lowest BCUT2D eigenvalue weighted by Crippen LogP contribution is -2.37. The van der Waals surface area contributed by atoms with Gasteiger partial charge in [0.05, 0.1) is 18.1 Å². The van der Waals surface area contributed by atoms with Crippen molar-refractivity contribution >= 4 is 0 Å². The zero-order valence-corrected chi connectivity index (χ0v) is 10.7. The van der Waals surface area contributed by atoms with Gasteiger partial charge in [-0.25, -0.2) is 0 Å². The van der Waals surface area contributed by atoms with Gasteiger partial charge in [0, 0.05) is 0 Å². The molecule has 0 heterocycles. The highest BCUT2D eigenvalue weighted by Gasteiger charge is 2.47. The molecular weight excluding hydrogens is 217 g/mol. The van der Waals surface area contributed by atoms with Crippen molar-refractivity contribution in [1.29, 1.82) is 0 Å². The van der Waals surface area contributed by atoms with E-state index in [2.05, 4.69) is 6.92 Å². The monoisotopic (exact) mass is 240 g/mol. The van der Waals surface area contributed by atoms with Crippen molar-refractivity contribution in [1.82, 2.24) is 0 Å². The van der Waals surface area contributed by atoms with E-state index in [9.17, 15) is 13.2 Å². The molecule has 0 spiro atoms. The van der Waals surface area contributed by atoms with Crippen LogP contribution in [0.4, 0.5) is 13.2 Å². The van der Waals surface area contributed by atoms with Crippen LogP contribution in [0.15, 0.2) is 0 Å². The fraction of sp³-hybridized carbons (Fsp3) is 1.00. The topological polar surface area (TPSA) is 9.23 Å². The third kappa shape index (κ3) is 5.19. The van der Waals surface area contributed by atoms with E-state index in [0.717, 1.165) is 25.7 Å². The van der Waals surface area contributed by atoms with Crippen LogP contribution in [0.3, 0.4) is 0 Å². The van der Waals surface area contributed by atoms with Gasteiger partial charge in [-0.1, -0.05) is 26.7 Å². The van der Waals surface area contributed by atoms with Gasteiger partial charge in [-0.3, -0.25) is 0 Å². The van der Waals surface area contributed by atoms with E-state index in [1.165, 1.54) is 13.8 Å². The first kappa shape index (κ1) is 15.8. The molecular formula is C12H23F3O. The van der Waals surface area contributed by atoms with Crippen molar-refractivity contribution in [2.75, 3.05) is 6.61 Å². The fourth-order valence-electron chi connectivity index (χ4n) is 1.25. The predicted molar refractivity (Wildman–Crippen MR) is 59.4 cm³/mol. The van der Waals surface area contributed by atoms with Gasteiger partial charge in [0.1, 0.15) is 0 Å². The summed E-state index contributed by atoms with van der Waals surface area (Å²) in [6, 6.07) is 0. The smallest absolute Gasteiger partial charge is 0.377 e. The summed E-state index contributed by atoms with van der Waals surface area (Å²) in [7, 11) is 0. The van der Waals surface area contributed by atoms with Crippen LogP contribution in [-0.2, 0) is 4.74 Å². The molecule has 98 valence electrons. The van der Waals surface area contributed by atoms with Crippen LogP contribution in [0.2, 0.25) is 0 Å². The maximum Gasteiger partial charge on any atom is 0.396 e. The Balaban J connectivity index is 4.10. The van der Waals surface area contributed by atoms with Crippen LogP contribution in [0, 0.1) is 5.41 Å². The molecule has 0 rings (SSSR count). The molecule has 1 unspecified atom stereocenters. The number of unbranched alkanes of at least 4 members (excludes halogenated alkanes) is 1. The highest BCUT2D eigenvalue weighted by Crippen LogP contribution is 2.38. The minimum atomic E-state index is -4.20. The molecule has 4 heteroatoms. The first-order valence-electron chi connectivity index (χ1n) is 5.93. The van der Waals surface area contributed by atoms with Crippen LogP contribution in [-0.4, -0.2) is 18.9 Å². The molecule has 0 aromatic carbocycles. The molecule has 0 amide bonds. The van der Waals surface area contributed by atoms with Gasteiger partial charge in [0.15, 0.2) is 0 Å². The van der Waals surface area contributed by atoms with E-state index in [1.807, 2.05) is 6.92 Å². The quantitative estimate of drug-likeness (QED) is 0.633. The summed E-state index contributed by atoms with van der Waals surface area (Å²) in [5, 5.41) is 0. The molecule has 0 aromatic rings. The van der Waals surface area contributed by atoms with Gasteiger partial charge in [-0.2, -0.15) is 13.2 Å². The summed E-state index contributed by atoms with van der Waals surface area (Å²) in [4.78, 5) is 0. The molecule has 0 N–H and O–H groups in total. The first-order chi connectivity index (χ1) is 7.24. The Morgan fingerprint density at radius 2 is 1.69 bits per heavy atom. The maximum absolute atomic E-state index is 12.6. The molecule has 0 aromatic heterocycles. The Morgan fingerprint density at radius 1 is 1.12 bits per heavy atom. The van der Waals surface area contributed by atoms with E-state index in [-0.39, 0.29) is 12.7 Å². The lowest BCUT2D eigenvalue weighted by molar-refractivity contribution is -0.231. The zero-order chi connectivity index (χ0) is 12.8. The molecule has 16 heavy (non-hydrogen) atoms. The van der Waals surface area contributed by atoms with E-state index in [0.29, 0.717) is 0 Å². The van der Waals surface area contributed by atoms with Crippen molar-refractivity contribution in [3.8, 4) is 0 Å². The lowest BCUT2D eigenvalue weighted by atomic mass is 9.94. The third-order valence-corrected chi connectivity index (χ3v) is 2.78. The summed E-state index contributed by atoms with van der Waals surface area (Å²) >= 11 is 0. The average Bonchev–Trinajstić information content (AvgIpc) is 2.16. The van der Waals surface area contributed by atoms with E-state index < -0.39 is 11.6 Å². The number of halogens is 3. The summed E-state index contributed by atoms with van der Waals surface area (Å²) < 4.78 is 43.0. The molecule has 1 atom stereocenters. The van der Waals surface area contributed by atoms with Crippen molar-refractivity contribution < 1.29 is 17.9 Å². The lowest BCUT2D eigenvalue weighted by Gasteiger charge is -2.29. The molecule has 0 aliphatic rings. The molecule has 0 saturated heterocycles. The Kier molecular flexibility index (Phi) is 6.38. The van der Waals surface area contributed by atoms with Crippen LogP contribution in [0.25, 0.3) is 0 Å². The second kappa shape index (κ2) is 6.48. The highest BCUT2D eigenvalue weighted by molar-refractivity contribution is 4.77. The van der Waals surface area contributed by atoms with E-state index >= 15 is 0 Å². The molecule has 0 bridgehead atoms. The van der Waals surface area contributed by atoms with Crippen LogP contribution >= 0.6 is 0 Å². The van der Waals surface area contributed by atoms with Gasteiger partial charge in [-0.05, 0) is 26.7 Å². The Labute approximate surface area is 96.4 Å². The van der Waals surface area contributed by atoms with Crippen molar-refractivity contribution in [3.05, 3.63) is 0 Å². The highest BCUT2D eigenvalue weighted by atomic mass is 19.4. The fourth-order valence-corrected chi connectivity index (χ4v) is 1.25. The Bertz CT molecular complexity index is 187. The van der Waals surface area contributed by atoms with Crippen LogP contribution < -0.4 is 0 Å². The summed E-state index contributed by atoms with van der Waals surface area (Å²) in [5.74, 6) is 0. The maximum atomic E-state index is 12.6. The van der Waals surface area contributed by atoms with Crippen molar-refractivity contribution in [2.45, 2.75) is 65.7 Å². The number of alkyl halides is 3. The van der Waals surface area contributed by atoms with Gasteiger partial charge >= 0.3 is 6.18 Å². The molecule has 0 aliphatic carbocycles.